The Bertz CT molecular complexity index is 1160. The fourth-order valence-electron chi connectivity index (χ4n) is 3.77. The minimum atomic E-state index is -0.0256. The Morgan fingerprint density at radius 1 is 1.17 bits per heavy atom. The van der Waals surface area contributed by atoms with Crippen molar-refractivity contribution in [3.63, 3.8) is 0 Å². The minimum absolute atomic E-state index is 0.0256. The maximum Gasteiger partial charge on any atom is 0.257 e. The Morgan fingerprint density at radius 3 is 2.93 bits per heavy atom. The van der Waals surface area contributed by atoms with Crippen molar-refractivity contribution in [2.24, 2.45) is 0 Å². The van der Waals surface area contributed by atoms with E-state index in [2.05, 4.69) is 20.3 Å². The Balaban J connectivity index is 1.45. The molecule has 29 heavy (non-hydrogen) atoms. The number of aromatic amines is 1. The number of fused-ring (bicyclic) bond motifs is 2. The molecule has 0 spiro atoms. The molecule has 0 aliphatic carbocycles. The highest BCUT2D eigenvalue weighted by Gasteiger charge is 2.24. The number of hydrogen-bond acceptors (Lipinski definition) is 5. The normalized spacial score (nSPS) is 13.9. The van der Waals surface area contributed by atoms with E-state index in [-0.39, 0.29) is 5.91 Å². The van der Waals surface area contributed by atoms with Crippen molar-refractivity contribution in [2.75, 3.05) is 18.9 Å². The molecule has 8 nitrogen and oxygen atoms in total. The lowest BCUT2D eigenvalue weighted by Gasteiger charge is -2.21. The summed E-state index contributed by atoms with van der Waals surface area (Å²) in [5.74, 6) is 1.31. The molecular formula is C21H21N7O. The van der Waals surface area contributed by atoms with Gasteiger partial charge in [0, 0.05) is 26.3 Å². The number of rotatable bonds is 3. The number of amides is 1. The first-order chi connectivity index (χ1) is 14.2. The smallest absolute Gasteiger partial charge is 0.257 e. The number of nitrogens with one attached hydrogen (secondary N) is 2. The van der Waals surface area contributed by atoms with Crippen molar-refractivity contribution >= 4 is 22.8 Å². The molecule has 0 atom stereocenters. The zero-order valence-electron chi connectivity index (χ0n) is 16.1. The second kappa shape index (κ2) is 7.05. The summed E-state index contributed by atoms with van der Waals surface area (Å²) >= 11 is 0. The molecular weight excluding hydrogens is 366 g/mol. The molecule has 3 aromatic heterocycles. The molecule has 0 radical (unpaired) electrons. The Kier molecular flexibility index (Phi) is 4.23. The Morgan fingerprint density at radius 2 is 2.07 bits per heavy atom. The average Bonchev–Trinajstić information content (AvgIpc) is 3.31. The van der Waals surface area contributed by atoms with Crippen LogP contribution < -0.4 is 5.32 Å². The first-order valence-corrected chi connectivity index (χ1v) is 9.67. The van der Waals surface area contributed by atoms with Gasteiger partial charge in [0.15, 0.2) is 5.82 Å². The average molecular weight is 387 g/mol. The van der Waals surface area contributed by atoms with Crippen molar-refractivity contribution < 1.29 is 4.79 Å². The number of H-pyrrole nitrogens is 1. The number of benzene rings is 1. The maximum atomic E-state index is 13.1. The van der Waals surface area contributed by atoms with Gasteiger partial charge < -0.3 is 15.2 Å². The first kappa shape index (κ1) is 17.4. The van der Waals surface area contributed by atoms with E-state index in [1.807, 2.05) is 46.0 Å². The quantitative estimate of drug-likeness (QED) is 0.564. The van der Waals surface area contributed by atoms with Gasteiger partial charge in [0.25, 0.3) is 5.91 Å². The van der Waals surface area contributed by atoms with E-state index >= 15 is 0 Å². The van der Waals surface area contributed by atoms with Crippen LogP contribution in [0, 0.1) is 0 Å². The van der Waals surface area contributed by atoms with Crippen LogP contribution in [0.15, 0.2) is 48.7 Å². The van der Waals surface area contributed by atoms with Gasteiger partial charge in [-0.2, -0.15) is 5.10 Å². The molecule has 5 rings (SSSR count). The summed E-state index contributed by atoms with van der Waals surface area (Å²) in [6, 6.07) is 13.5. The van der Waals surface area contributed by atoms with E-state index in [9.17, 15) is 4.79 Å². The molecule has 1 amide bonds. The second-order valence-corrected chi connectivity index (χ2v) is 7.08. The number of aryl methyl sites for hydroxylation is 1. The van der Waals surface area contributed by atoms with E-state index in [0.717, 1.165) is 41.2 Å². The van der Waals surface area contributed by atoms with Crippen LogP contribution in [0.2, 0.25) is 0 Å². The molecule has 4 aromatic rings. The fraction of sp³-hybridized carbons (Fsp3) is 0.238. The summed E-state index contributed by atoms with van der Waals surface area (Å²) in [5, 5.41) is 7.74. The highest BCUT2D eigenvalue weighted by molar-refractivity contribution is 5.98. The molecule has 2 N–H and O–H groups in total. The lowest BCUT2D eigenvalue weighted by atomic mass is 10.2. The number of pyridine rings is 1. The first-order valence-electron chi connectivity index (χ1n) is 9.67. The number of carbonyl (C=O) groups is 1. The molecule has 1 aliphatic heterocycles. The van der Waals surface area contributed by atoms with Crippen LogP contribution in [-0.2, 0) is 13.1 Å². The van der Waals surface area contributed by atoms with Crippen molar-refractivity contribution in [2.45, 2.75) is 19.5 Å². The summed E-state index contributed by atoms with van der Waals surface area (Å²) < 4.78 is 1.98. The molecule has 0 saturated heterocycles. The molecule has 4 heterocycles. The highest BCUT2D eigenvalue weighted by Crippen LogP contribution is 2.24. The van der Waals surface area contributed by atoms with Gasteiger partial charge in [-0.1, -0.05) is 12.1 Å². The summed E-state index contributed by atoms with van der Waals surface area (Å²) in [5.41, 5.74) is 4.28. The zero-order chi connectivity index (χ0) is 19.8. The molecule has 0 unspecified atom stereocenters. The van der Waals surface area contributed by atoms with Gasteiger partial charge in [-0.3, -0.25) is 9.48 Å². The molecule has 0 bridgehead atoms. The van der Waals surface area contributed by atoms with Gasteiger partial charge in [0.2, 0.25) is 0 Å². The van der Waals surface area contributed by atoms with Crippen LogP contribution >= 0.6 is 0 Å². The van der Waals surface area contributed by atoms with E-state index in [1.54, 1.807) is 19.3 Å². The summed E-state index contributed by atoms with van der Waals surface area (Å²) in [6.07, 6.45) is 2.52. The minimum Gasteiger partial charge on any atom is -0.372 e. The molecule has 0 fully saturated rings. The molecule has 1 aliphatic rings. The van der Waals surface area contributed by atoms with Crippen LogP contribution in [0.1, 0.15) is 22.5 Å². The van der Waals surface area contributed by atoms with E-state index < -0.39 is 0 Å². The summed E-state index contributed by atoms with van der Waals surface area (Å²) in [6.45, 7) is 1.95. The van der Waals surface area contributed by atoms with Crippen LogP contribution in [0.4, 0.5) is 5.82 Å². The van der Waals surface area contributed by atoms with Gasteiger partial charge in [0.05, 0.1) is 28.8 Å². The predicted molar refractivity (Wildman–Crippen MR) is 110 cm³/mol. The number of carbonyl (C=O) groups excluding carboxylic acids is 1. The van der Waals surface area contributed by atoms with Crippen molar-refractivity contribution in [1.29, 1.82) is 0 Å². The number of hydrogen-bond donors (Lipinski definition) is 2. The molecule has 1 aromatic carbocycles. The lowest BCUT2D eigenvalue weighted by molar-refractivity contribution is 0.0746. The van der Waals surface area contributed by atoms with E-state index in [1.165, 1.54) is 0 Å². The third kappa shape index (κ3) is 3.12. The van der Waals surface area contributed by atoms with Gasteiger partial charge in [-0.05, 0) is 36.8 Å². The number of aromatic nitrogens is 5. The Hall–Kier alpha value is -3.68. The van der Waals surface area contributed by atoms with Crippen molar-refractivity contribution in [3.05, 3.63) is 59.9 Å². The standard InChI is InChI=1S/C21H21N7O/c1-22-19-15(6-4-9-23-19)21(29)27-10-5-11-28-14(13-27)12-18(26-28)20-24-16-7-2-3-8-17(16)25-20/h2-4,6-9,12H,5,10-11,13H2,1H3,(H,22,23)(H,24,25). The van der Waals surface area contributed by atoms with Gasteiger partial charge in [0.1, 0.15) is 11.5 Å². The van der Waals surface area contributed by atoms with Gasteiger partial charge >= 0.3 is 0 Å². The van der Waals surface area contributed by atoms with Gasteiger partial charge in [-0.25, -0.2) is 9.97 Å². The van der Waals surface area contributed by atoms with Crippen LogP contribution in [-0.4, -0.2) is 49.1 Å². The van der Waals surface area contributed by atoms with Crippen LogP contribution in [0.5, 0.6) is 0 Å². The number of para-hydroxylation sites is 2. The summed E-state index contributed by atoms with van der Waals surface area (Å²) in [7, 11) is 1.77. The molecule has 8 heteroatoms. The third-order valence-electron chi connectivity index (χ3n) is 5.21. The topological polar surface area (TPSA) is 91.7 Å². The summed E-state index contributed by atoms with van der Waals surface area (Å²) in [4.78, 5) is 27.2. The van der Waals surface area contributed by atoms with Crippen LogP contribution in [0.3, 0.4) is 0 Å². The Labute approximate surface area is 167 Å². The third-order valence-corrected chi connectivity index (χ3v) is 5.21. The monoisotopic (exact) mass is 387 g/mol. The maximum absolute atomic E-state index is 13.1. The highest BCUT2D eigenvalue weighted by atomic mass is 16.2. The van der Waals surface area contributed by atoms with Crippen LogP contribution in [0.25, 0.3) is 22.6 Å². The predicted octanol–water partition coefficient (Wildman–Crippen LogP) is 2.91. The molecule has 146 valence electrons. The number of imidazole rings is 1. The van der Waals surface area contributed by atoms with Crippen molar-refractivity contribution in [1.82, 2.24) is 29.6 Å². The number of anilines is 1. The van der Waals surface area contributed by atoms with Gasteiger partial charge in [-0.15, -0.1) is 0 Å². The SMILES string of the molecule is CNc1ncccc1C(=O)N1CCCn2nc(-c3nc4ccccc4[nH]3)cc2C1. The van der Waals surface area contributed by atoms with E-state index in [0.29, 0.717) is 24.5 Å². The van der Waals surface area contributed by atoms with Crippen molar-refractivity contribution in [3.8, 4) is 11.5 Å². The lowest BCUT2D eigenvalue weighted by Crippen LogP contribution is -2.31. The largest absolute Gasteiger partial charge is 0.372 e. The van der Waals surface area contributed by atoms with E-state index in [4.69, 9.17) is 5.10 Å². The molecule has 0 saturated carbocycles. The zero-order valence-corrected chi connectivity index (χ0v) is 16.1. The fourth-order valence-corrected chi connectivity index (χ4v) is 3.77. The number of nitrogens with zero attached hydrogens (tertiary/aromatic N) is 5. The second-order valence-electron chi connectivity index (χ2n) is 7.08.